The number of carbonyl (C=O) groups is 3. The van der Waals surface area contributed by atoms with Crippen molar-refractivity contribution in [3.8, 4) is 6.07 Å². The highest BCUT2D eigenvalue weighted by Gasteiger charge is 2.27. The van der Waals surface area contributed by atoms with Crippen LogP contribution in [0.3, 0.4) is 0 Å². The Hall–Kier alpha value is -3.25. The number of ketones is 1. The van der Waals surface area contributed by atoms with E-state index in [-0.39, 0.29) is 24.1 Å². The highest BCUT2D eigenvalue weighted by atomic mass is 32.2. The van der Waals surface area contributed by atoms with E-state index in [0.717, 1.165) is 24.2 Å². The maximum absolute atomic E-state index is 13.1. The number of carbonyl (C=O) groups excluding carboxylic acids is 3. The lowest BCUT2D eigenvalue weighted by Crippen LogP contribution is -2.52. The molecule has 0 aliphatic rings. The summed E-state index contributed by atoms with van der Waals surface area (Å²) in [5.74, 6) is 1.31. The number of benzene rings is 1. The molecule has 0 aliphatic heterocycles. The van der Waals surface area contributed by atoms with Crippen molar-refractivity contribution >= 4 is 29.5 Å². The van der Waals surface area contributed by atoms with Crippen LogP contribution in [0.15, 0.2) is 47.1 Å². The van der Waals surface area contributed by atoms with Crippen molar-refractivity contribution in [2.24, 2.45) is 5.92 Å². The molecule has 0 bridgehead atoms. The molecule has 194 valence electrons. The summed E-state index contributed by atoms with van der Waals surface area (Å²) < 4.78 is 10.6. The molecule has 9 heteroatoms. The van der Waals surface area contributed by atoms with E-state index in [1.165, 1.54) is 11.8 Å². The standard InChI is InChI=1S/C27H35N3O5S/c1-4-5-8-23(25(31)18-36-17-22-7-6-13-34-22)29-26(32)24(14-19(2)3)30-27(33)35-16-21-11-9-20(15-28)10-12-21/h6-7,9-13,19,23-24H,4-5,8,14,16-18H2,1-3H3,(H,29,32)(H,30,33)/t23-,24-/m0/s1. The summed E-state index contributed by atoms with van der Waals surface area (Å²) >= 11 is 1.44. The summed E-state index contributed by atoms with van der Waals surface area (Å²) in [6.07, 6.45) is 3.52. The van der Waals surface area contributed by atoms with Crippen LogP contribution in [0.5, 0.6) is 0 Å². The molecule has 2 amide bonds. The van der Waals surface area contributed by atoms with Gasteiger partial charge in [0.1, 0.15) is 18.4 Å². The van der Waals surface area contributed by atoms with E-state index in [0.29, 0.717) is 24.2 Å². The Balaban J connectivity index is 1.94. The van der Waals surface area contributed by atoms with Gasteiger partial charge in [0, 0.05) is 0 Å². The van der Waals surface area contributed by atoms with Gasteiger partial charge in [-0.3, -0.25) is 9.59 Å². The zero-order valence-corrected chi connectivity index (χ0v) is 21.9. The van der Waals surface area contributed by atoms with E-state index in [4.69, 9.17) is 14.4 Å². The van der Waals surface area contributed by atoms with Crippen molar-refractivity contribution in [3.05, 3.63) is 59.5 Å². The molecular weight excluding hydrogens is 478 g/mol. The van der Waals surface area contributed by atoms with E-state index in [9.17, 15) is 14.4 Å². The number of thioether (sulfide) groups is 1. The van der Waals surface area contributed by atoms with Gasteiger partial charge in [-0.2, -0.15) is 5.26 Å². The number of nitrogens with zero attached hydrogens (tertiary/aromatic N) is 1. The highest BCUT2D eigenvalue weighted by molar-refractivity contribution is 7.99. The molecule has 36 heavy (non-hydrogen) atoms. The minimum absolute atomic E-state index is 0.0120. The molecular formula is C27H35N3O5S. The molecule has 2 N–H and O–H groups in total. The molecule has 2 atom stereocenters. The van der Waals surface area contributed by atoms with Crippen LogP contribution in [-0.2, 0) is 26.7 Å². The quantitative estimate of drug-likeness (QED) is 0.345. The lowest BCUT2D eigenvalue weighted by molar-refractivity contribution is -0.128. The first kappa shape index (κ1) is 29.0. The highest BCUT2D eigenvalue weighted by Crippen LogP contribution is 2.15. The second kappa shape index (κ2) is 15.7. The lowest BCUT2D eigenvalue weighted by Gasteiger charge is -2.24. The molecule has 2 aromatic rings. The summed E-state index contributed by atoms with van der Waals surface area (Å²) in [7, 11) is 0. The predicted molar refractivity (Wildman–Crippen MR) is 139 cm³/mol. The van der Waals surface area contributed by atoms with Gasteiger partial charge in [-0.05, 0) is 48.6 Å². The first-order valence-corrected chi connectivity index (χ1v) is 13.3. The second-order valence-corrected chi connectivity index (χ2v) is 9.94. The fraction of sp³-hybridized carbons (Fsp3) is 0.481. The number of nitrogens with one attached hydrogen (secondary N) is 2. The van der Waals surface area contributed by atoms with Crippen molar-refractivity contribution < 1.29 is 23.5 Å². The second-order valence-electron chi connectivity index (χ2n) is 8.95. The summed E-state index contributed by atoms with van der Waals surface area (Å²) in [6, 6.07) is 11.0. The number of amides is 2. The first-order valence-electron chi connectivity index (χ1n) is 12.2. The molecule has 1 aromatic carbocycles. The average Bonchev–Trinajstić information content (AvgIpc) is 3.38. The van der Waals surface area contributed by atoms with Gasteiger partial charge in [-0.25, -0.2) is 4.79 Å². The summed E-state index contributed by atoms with van der Waals surface area (Å²) in [5, 5.41) is 14.4. The predicted octanol–water partition coefficient (Wildman–Crippen LogP) is 4.97. The van der Waals surface area contributed by atoms with Gasteiger partial charge in [-0.1, -0.05) is 45.7 Å². The van der Waals surface area contributed by atoms with Crippen LogP contribution in [0.25, 0.3) is 0 Å². The average molecular weight is 514 g/mol. The fourth-order valence-electron chi connectivity index (χ4n) is 3.45. The van der Waals surface area contributed by atoms with Crippen molar-refractivity contribution in [2.75, 3.05) is 5.75 Å². The van der Waals surface area contributed by atoms with Crippen molar-refractivity contribution in [2.45, 2.75) is 70.9 Å². The number of nitriles is 1. The minimum Gasteiger partial charge on any atom is -0.468 e. The maximum Gasteiger partial charge on any atom is 0.408 e. The zero-order valence-electron chi connectivity index (χ0n) is 21.1. The molecule has 0 fully saturated rings. The molecule has 0 unspecified atom stereocenters. The molecule has 0 radical (unpaired) electrons. The molecule has 1 heterocycles. The number of rotatable bonds is 15. The monoisotopic (exact) mass is 513 g/mol. The van der Waals surface area contributed by atoms with Crippen LogP contribution in [-0.4, -0.2) is 35.6 Å². The summed E-state index contributed by atoms with van der Waals surface area (Å²) in [4.78, 5) is 38.4. The van der Waals surface area contributed by atoms with Crippen LogP contribution >= 0.6 is 11.8 Å². The Bertz CT molecular complexity index is 999. The van der Waals surface area contributed by atoms with Gasteiger partial charge in [0.2, 0.25) is 5.91 Å². The Morgan fingerprint density at radius 2 is 1.86 bits per heavy atom. The van der Waals surface area contributed by atoms with Gasteiger partial charge in [0.05, 0.1) is 35.4 Å². The van der Waals surface area contributed by atoms with Crippen LogP contribution in [0, 0.1) is 17.2 Å². The summed E-state index contributed by atoms with van der Waals surface area (Å²) in [5.41, 5.74) is 1.25. The Morgan fingerprint density at radius 3 is 2.47 bits per heavy atom. The van der Waals surface area contributed by atoms with Crippen molar-refractivity contribution in [1.29, 1.82) is 5.26 Å². The third-order valence-electron chi connectivity index (χ3n) is 5.39. The summed E-state index contributed by atoms with van der Waals surface area (Å²) in [6.45, 7) is 5.95. The molecule has 2 rings (SSSR count). The van der Waals surface area contributed by atoms with Gasteiger partial charge >= 0.3 is 6.09 Å². The number of unbranched alkanes of at least 4 members (excludes halogenated alkanes) is 1. The molecule has 0 saturated carbocycles. The van der Waals surface area contributed by atoms with Crippen LogP contribution < -0.4 is 10.6 Å². The van der Waals surface area contributed by atoms with Crippen molar-refractivity contribution in [1.82, 2.24) is 10.6 Å². The van der Waals surface area contributed by atoms with Gasteiger partial charge in [-0.15, -0.1) is 11.8 Å². The largest absolute Gasteiger partial charge is 0.468 e. The smallest absolute Gasteiger partial charge is 0.408 e. The van der Waals surface area contributed by atoms with E-state index in [1.807, 2.05) is 32.9 Å². The van der Waals surface area contributed by atoms with Gasteiger partial charge < -0.3 is 19.8 Å². The number of ether oxygens (including phenoxy) is 1. The number of hydrogen-bond acceptors (Lipinski definition) is 7. The topological polar surface area (TPSA) is 121 Å². The van der Waals surface area contributed by atoms with E-state index >= 15 is 0 Å². The lowest BCUT2D eigenvalue weighted by atomic mass is 10.0. The van der Waals surface area contributed by atoms with Crippen LogP contribution in [0.2, 0.25) is 0 Å². The third kappa shape index (κ3) is 10.6. The Kier molecular flexibility index (Phi) is 12.6. The normalized spacial score (nSPS) is 12.4. The van der Waals surface area contributed by atoms with E-state index < -0.39 is 24.1 Å². The third-order valence-corrected chi connectivity index (χ3v) is 6.37. The van der Waals surface area contributed by atoms with Crippen LogP contribution in [0.4, 0.5) is 4.79 Å². The molecule has 0 spiro atoms. The number of alkyl carbamates (subject to hydrolysis) is 1. The fourth-order valence-corrected chi connectivity index (χ4v) is 4.32. The van der Waals surface area contributed by atoms with Gasteiger partial charge in [0.25, 0.3) is 0 Å². The van der Waals surface area contributed by atoms with E-state index in [2.05, 4.69) is 10.6 Å². The zero-order chi connectivity index (χ0) is 26.3. The molecule has 0 saturated heterocycles. The Morgan fingerprint density at radius 1 is 1.11 bits per heavy atom. The van der Waals surface area contributed by atoms with Crippen molar-refractivity contribution in [3.63, 3.8) is 0 Å². The molecule has 1 aromatic heterocycles. The number of Topliss-reactive ketones (excluding diaryl/α,β-unsaturated/α-hetero) is 1. The maximum atomic E-state index is 13.1. The SMILES string of the molecule is CCCC[C@H](NC(=O)[C@H](CC(C)C)NC(=O)OCc1ccc(C#N)cc1)C(=O)CSCc1ccco1. The Labute approximate surface area is 217 Å². The van der Waals surface area contributed by atoms with Gasteiger partial charge in [0.15, 0.2) is 5.78 Å². The number of hydrogen-bond donors (Lipinski definition) is 2. The number of furan rings is 1. The molecule has 0 aliphatic carbocycles. The first-order chi connectivity index (χ1) is 17.3. The van der Waals surface area contributed by atoms with E-state index in [1.54, 1.807) is 36.6 Å². The minimum atomic E-state index is -0.828. The molecule has 8 nitrogen and oxygen atoms in total. The van der Waals surface area contributed by atoms with Crippen LogP contribution in [0.1, 0.15) is 63.3 Å².